The summed E-state index contributed by atoms with van der Waals surface area (Å²) in [6.45, 7) is 14.2. The molecule has 0 aliphatic carbocycles. The van der Waals surface area contributed by atoms with Crippen molar-refractivity contribution >= 4 is 17.2 Å². The number of hydrogen-bond donors (Lipinski definition) is 1. The maximum atomic E-state index is 5.64. The summed E-state index contributed by atoms with van der Waals surface area (Å²) >= 11 is 5.00. The Morgan fingerprint density at radius 3 is 2.19 bits per heavy atom. The van der Waals surface area contributed by atoms with Gasteiger partial charge in [-0.3, -0.25) is 4.90 Å². The summed E-state index contributed by atoms with van der Waals surface area (Å²) in [7, 11) is 0. The Morgan fingerprint density at radius 2 is 1.76 bits per heavy atom. The molecule has 118 valence electrons. The second-order valence-electron chi connectivity index (χ2n) is 7.29. The average Bonchev–Trinajstić information content (AvgIpc) is 2.35. The molecule has 2 N–H and O–H groups in total. The number of nitrogens with two attached hydrogens (primary N) is 1. The zero-order valence-electron chi connectivity index (χ0n) is 14.1. The van der Waals surface area contributed by atoms with Crippen molar-refractivity contribution in [2.24, 2.45) is 11.7 Å². The number of benzene rings is 1. The van der Waals surface area contributed by atoms with E-state index in [1.54, 1.807) is 0 Å². The molecule has 0 saturated heterocycles. The first kappa shape index (κ1) is 18.1. The van der Waals surface area contributed by atoms with E-state index in [4.69, 9.17) is 18.0 Å². The van der Waals surface area contributed by atoms with Crippen LogP contribution in [0.5, 0.6) is 0 Å². The summed E-state index contributed by atoms with van der Waals surface area (Å²) in [5.74, 6) is 0.644. The third kappa shape index (κ3) is 7.05. The molecule has 21 heavy (non-hydrogen) atoms. The number of thiocarbonyl (C=S) groups is 1. The first-order valence-electron chi connectivity index (χ1n) is 7.78. The van der Waals surface area contributed by atoms with Crippen molar-refractivity contribution in [2.45, 2.75) is 53.0 Å². The Balaban J connectivity index is 2.71. The highest BCUT2D eigenvalue weighted by Crippen LogP contribution is 2.22. The fourth-order valence-corrected chi connectivity index (χ4v) is 2.48. The van der Waals surface area contributed by atoms with Crippen LogP contribution in [0.1, 0.15) is 52.2 Å². The number of rotatable bonds is 7. The predicted octanol–water partition coefficient (Wildman–Crippen LogP) is 4.12. The molecule has 0 spiro atoms. The van der Waals surface area contributed by atoms with E-state index in [9.17, 15) is 0 Å². The fourth-order valence-electron chi connectivity index (χ4n) is 2.39. The predicted molar refractivity (Wildman–Crippen MR) is 96.7 cm³/mol. The summed E-state index contributed by atoms with van der Waals surface area (Å²) < 4.78 is 0. The van der Waals surface area contributed by atoms with Crippen molar-refractivity contribution in [3.05, 3.63) is 35.4 Å². The van der Waals surface area contributed by atoms with Gasteiger partial charge in [0.2, 0.25) is 0 Å². The van der Waals surface area contributed by atoms with Gasteiger partial charge < -0.3 is 5.73 Å². The van der Waals surface area contributed by atoms with Crippen LogP contribution >= 0.6 is 12.2 Å². The van der Waals surface area contributed by atoms with Crippen LogP contribution in [0.25, 0.3) is 0 Å². The lowest BCUT2D eigenvalue weighted by molar-refractivity contribution is 0.243. The lowest BCUT2D eigenvalue weighted by Gasteiger charge is -2.25. The van der Waals surface area contributed by atoms with Crippen molar-refractivity contribution in [1.82, 2.24) is 4.90 Å². The van der Waals surface area contributed by atoms with Crippen LogP contribution in [0.4, 0.5) is 0 Å². The van der Waals surface area contributed by atoms with Crippen molar-refractivity contribution in [3.8, 4) is 0 Å². The molecule has 0 fully saturated rings. The second kappa shape index (κ2) is 7.90. The van der Waals surface area contributed by atoms with Crippen LogP contribution in [0.15, 0.2) is 24.3 Å². The van der Waals surface area contributed by atoms with Crippen LogP contribution in [-0.4, -0.2) is 23.0 Å². The van der Waals surface area contributed by atoms with Gasteiger partial charge in [0, 0.05) is 26.1 Å². The van der Waals surface area contributed by atoms with Gasteiger partial charge >= 0.3 is 0 Å². The standard InChI is InChI=1S/C18H30N2S/c1-14(2)12-20(11-10-17(19)21)13-15-6-8-16(9-7-15)18(3,4)5/h6-9,14H,10-13H2,1-5H3,(H2,19,21). The smallest absolute Gasteiger partial charge is 0.0740 e. The van der Waals surface area contributed by atoms with Gasteiger partial charge in [-0.2, -0.15) is 0 Å². The Labute approximate surface area is 135 Å². The number of nitrogens with zero attached hydrogens (tertiary/aromatic N) is 1. The molecule has 0 aliphatic heterocycles. The van der Waals surface area contributed by atoms with E-state index in [0.717, 1.165) is 26.1 Å². The van der Waals surface area contributed by atoms with Crippen LogP contribution in [0.2, 0.25) is 0 Å². The first-order valence-corrected chi connectivity index (χ1v) is 8.19. The molecule has 0 heterocycles. The van der Waals surface area contributed by atoms with Gasteiger partial charge in [-0.1, -0.05) is 71.1 Å². The second-order valence-corrected chi connectivity index (χ2v) is 7.82. The van der Waals surface area contributed by atoms with Crippen molar-refractivity contribution < 1.29 is 0 Å². The summed E-state index contributed by atoms with van der Waals surface area (Å²) in [6.07, 6.45) is 0.794. The Bertz CT molecular complexity index is 443. The van der Waals surface area contributed by atoms with Crippen molar-refractivity contribution in [3.63, 3.8) is 0 Å². The summed E-state index contributed by atoms with van der Waals surface area (Å²) in [4.78, 5) is 3.04. The quantitative estimate of drug-likeness (QED) is 0.768. The molecule has 0 aliphatic rings. The van der Waals surface area contributed by atoms with Gasteiger partial charge in [0.05, 0.1) is 4.99 Å². The molecule has 0 bridgehead atoms. The summed E-state index contributed by atoms with van der Waals surface area (Å²) in [5, 5.41) is 0. The highest BCUT2D eigenvalue weighted by molar-refractivity contribution is 7.80. The van der Waals surface area contributed by atoms with Gasteiger partial charge in [0.25, 0.3) is 0 Å². The van der Waals surface area contributed by atoms with Crippen molar-refractivity contribution in [2.75, 3.05) is 13.1 Å². The maximum Gasteiger partial charge on any atom is 0.0740 e. The molecular weight excluding hydrogens is 276 g/mol. The van der Waals surface area contributed by atoms with E-state index in [2.05, 4.69) is 63.8 Å². The molecule has 1 aromatic rings. The SMILES string of the molecule is CC(C)CN(CCC(N)=S)Cc1ccc(C(C)(C)C)cc1. The third-order valence-corrected chi connectivity index (χ3v) is 3.73. The van der Waals surface area contributed by atoms with Gasteiger partial charge in [0.1, 0.15) is 0 Å². The zero-order chi connectivity index (χ0) is 16.0. The Hall–Kier alpha value is -0.930. The molecule has 1 rings (SSSR count). The van der Waals surface area contributed by atoms with Crippen LogP contribution < -0.4 is 5.73 Å². The average molecular weight is 307 g/mol. The molecule has 3 heteroatoms. The highest BCUT2D eigenvalue weighted by atomic mass is 32.1. The van der Waals surface area contributed by atoms with E-state index in [1.165, 1.54) is 11.1 Å². The minimum atomic E-state index is 0.210. The van der Waals surface area contributed by atoms with Crippen LogP contribution in [0.3, 0.4) is 0 Å². The molecule has 0 aromatic heterocycles. The molecule has 1 aromatic carbocycles. The zero-order valence-corrected chi connectivity index (χ0v) is 15.0. The minimum Gasteiger partial charge on any atom is -0.393 e. The van der Waals surface area contributed by atoms with Gasteiger partial charge in [-0.15, -0.1) is 0 Å². The van der Waals surface area contributed by atoms with Gasteiger partial charge in [0.15, 0.2) is 0 Å². The van der Waals surface area contributed by atoms with Gasteiger partial charge in [-0.05, 0) is 22.5 Å². The molecular formula is C18H30N2S. The molecule has 0 atom stereocenters. The molecule has 2 nitrogen and oxygen atoms in total. The van der Waals surface area contributed by atoms with E-state index in [0.29, 0.717) is 10.9 Å². The van der Waals surface area contributed by atoms with Crippen LogP contribution in [-0.2, 0) is 12.0 Å². The fraction of sp³-hybridized carbons (Fsp3) is 0.611. The van der Waals surface area contributed by atoms with E-state index in [1.807, 2.05) is 0 Å². The monoisotopic (exact) mass is 306 g/mol. The third-order valence-electron chi connectivity index (χ3n) is 3.52. The lowest BCUT2D eigenvalue weighted by atomic mass is 9.87. The van der Waals surface area contributed by atoms with Crippen molar-refractivity contribution in [1.29, 1.82) is 0 Å². The van der Waals surface area contributed by atoms with Crippen LogP contribution in [0, 0.1) is 5.92 Å². The van der Waals surface area contributed by atoms with Gasteiger partial charge in [-0.25, -0.2) is 0 Å². The Morgan fingerprint density at radius 1 is 1.19 bits per heavy atom. The normalized spacial score (nSPS) is 12.1. The molecule has 0 amide bonds. The lowest BCUT2D eigenvalue weighted by Crippen LogP contribution is -2.30. The highest BCUT2D eigenvalue weighted by Gasteiger charge is 2.14. The summed E-state index contributed by atoms with van der Waals surface area (Å²) in [6, 6.07) is 8.98. The molecule has 0 radical (unpaired) electrons. The number of hydrogen-bond acceptors (Lipinski definition) is 2. The summed E-state index contributed by atoms with van der Waals surface area (Å²) in [5.41, 5.74) is 8.58. The molecule has 0 unspecified atom stereocenters. The largest absolute Gasteiger partial charge is 0.393 e. The first-order chi connectivity index (χ1) is 9.68. The van der Waals surface area contributed by atoms with E-state index < -0.39 is 0 Å². The Kier molecular flexibility index (Phi) is 6.82. The minimum absolute atomic E-state index is 0.210. The van der Waals surface area contributed by atoms with E-state index >= 15 is 0 Å². The van der Waals surface area contributed by atoms with E-state index in [-0.39, 0.29) is 5.41 Å². The maximum absolute atomic E-state index is 5.64. The topological polar surface area (TPSA) is 29.3 Å². The molecule has 0 saturated carbocycles.